The van der Waals surface area contributed by atoms with Crippen LogP contribution < -0.4 is 0 Å². The summed E-state index contributed by atoms with van der Waals surface area (Å²) >= 11 is 2.23. The van der Waals surface area contributed by atoms with E-state index in [1.807, 2.05) is 4.39 Å². The summed E-state index contributed by atoms with van der Waals surface area (Å²) < 4.78 is 50.1. The van der Waals surface area contributed by atoms with Gasteiger partial charge in [-0.2, -0.15) is 17.2 Å². The van der Waals surface area contributed by atoms with Crippen molar-refractivity contribution >= 4 is 22.7 Å². The maximum Gasteiger partial charge on any atom is 0.417 e. The van der Waals surface area contributed by atoms with E-state index >= 15 is 0 Å². The van der Waals surface area contributed by atoms with Gasteiger partial charge in [0.2, 0.25) is 0 Å². The van der Waals surface area contributed by atoms with E-state index in [0.717, 1.165) is 0 Å². The standard InChI is InChI=1S/CHF3O3S2/c2-1(3,8)9(5,6)7-4/h8H. The molecule has 0 radical (unpaired) electrons. The van der Waals surface area contributed by atoms with Crippen LogP contribution in [-0.2, 0) is 14.5 Å². The van der Waals surface area contributed by atoms with Crippen molar-refractivity contribution in [3.63, 3.8) is 0 Å². The maximum absolute atomic E-state index is 11.4. The first-order valence-electron chi connectivity index (χ1n) is 1.46. The third-order valence-electron chi connectivity index (χ3n) is 0.384. The summed E-state index contributed by atoms with van der Waals surface area (Å²) in [5, 5.41) is 0. The van der Waals surface area contributed by atoms with Crippen molar-refractivity contribution in [2.24, 2.45) is 0 Å². The molecule has 0 rings (SSSR count). The van der Waals surface area contributed by atoms with Gasteiger partial charge < -0.3 is 0 Å². The van der Waals surface area contributed by atoms with E-state index in [0.29, 0.717) is 0 Å². The van der Waals surface area contributed by atoms with Crippen molar-refractivity contribution in [2.75, 3.05) is 0 Å². The molecule has 0 atom stereocenters. The minimum Gasteiger partial charge on any atom is -0.189 e. The normalized spacial score (nSPS) is 13.8. The number of hydrogen-bond acceptors (Lipinski definition) is 4. The van der Waals surface area contributed by atoms with Crippen LogP contribution in [0.25, 0.3) is 0 Å². The van der Waals surface area contributed by atoms with Crippen LogP contribution in [0.2, 0.25) is 0 Å². The van der Waals surface area contributed by atoms with Crippen molar-refractivity contribution in [2.45, 2.75) is 4.59 Å². The van der Waals surface area contributed by atoms with Crippen LogP contribution in [0.5, 0.6) is 0 Å². The molecule has 0 aliphatic heterocycles. The van der Waals surface area contributed by atoms with Crippen LogP contribution in [-0.4, -0.2) is 13.0 Å². The van der Waals surface area contributed by atoms with E-state index in [2.05, 4.69) is 12.6 Å². The summed E-state index contributed by atoms with van der Waals surface area (Å²) in [6, 6.07) is 0. The fourth-order valence-electron chi connectivity index (χ4n) is 0.0379. The van der Waals surface area contributed by atoms with Crippen LogP contribution in [0.4, 0.5) is 13.3 Å². The smallest absolute Gasteiger partial charge is 0.189 e. The molecule has 0 aliphatic rings. The lowest BCUT2D eigenvalue weighted by atomic mass is 11.6. The highest BCUT2D eigenvalue weighted by Crippen LogP contribution is 2.26. The van der Waals surface area contributed by atoms with Gasteiger partial charge in [-0.1, -0.05) is 17.0 Å². The van der Waals surface area contributed by atoms with Crippen molar-refractivity contribution in [3.8, 4) is 0 Å². The van der Waals surface area contributed by atoms with Gasteiger partial charge in [-0.05, 0) is 4.53 Å². The Hall–Kier alpha value is 0.0500. The Balaban J connectivity index is 4.57. The zero-order valence-electron chi connectivity index (χ0n) is 3.71. The summed E-state index contributed by atoms with van der Waals surface area (Å²) in [4.78, 5) is 0. The third-order valence-corrected chi connectivity index (χ3v) is 1.82. The lowest BCUT2D eigenvalue weighted by Crippen LogP contribution is -2.21. The minimum absolute atomic E-state index is 1.95. The predicted octanol–water partition coefficient (Wildman–Crippen LogP) is 0.697. The van der Waals surface area contributed by atoms with Crippen molar-refractivity contribution < 1.29 is 26.1 Å². The first kappa shape index (κ1) is 9.05. The number of hydrogen-bond donors (Lipinski definition) is 1. The molecule has 0 spiro atoms. The van der Waals surface area contributed by atoms with Crippen LogP contribution in [0.1, 0.15) is 0 Å². The molecule has 0 saturated heterocycles. The van der Waals surface area contributed by atoms with E-state index in [-0.39, 0.29) is 0 Å². The Morgan fingerprint density at radius 3 is 1.78 bits per heavy atom. The molecule has 0 heterocycles. The van der Waals surface area contributed by atoms with E-state index in [9.17, 15) is 21.7 Å². The van der Waals surface area contributed by atoms with Gasteiger partial charge in [0, 0.05) is 0 Å². The molecule has 0 aliphatic carbocycles. The topological polar surface area (TPSA) is 43.4 Å². The van der Waals surface area contributed by atoms with Gasteiger partial charge in [-0.3, -0.25) is 0 Å². The van der Waals surface area contributed by atoms with Crippen LogP contribution in [0.15, 0.2) is 0 Å². The van der Waals surface area contributed by atoms with Gasteiger partial charge >= 0.3 is 14.7 Å². The average molecular weight is 182 g/mol. The summed E-state index contributed by atoms with van der Waals surface area (Å²) in [5.41, 5.74) is 0. The minimum atomic E-state index is -5.47. The molecule has 0 saturated carbocycles. The Kier molecular flexibility index (Phi) is 2.36. The maximum atomic E-state index is 11.4. The highest BCUT2D eigenvalue weighted by Gasteiger charge is 2.43. The van der Waals surface area contributed by atoms with E-state index in [4.69, 9.17) is 0 Å². The molecule has 0 bridgehead atoms. The highest BCUT2D eigenvalue weighted by atomic mass is 32.3. The summed E-state index contributed by atoms with van der Waals surface area (Å²) in [5.74, 6) is 0. The van der Waals surface area contributed by atoms with Crippen LogP contribution in [0.3, 0.4) is 0 Å². The molecule has 0 aromatic rings. The van der Waals surface area contributed by atoms with Crippen LogP contribution >= 0.6 is 12.6 Å². The van der Waals surface area contributed by atoms with Crippen molar-refractivity contribution in [3.05, 3.63) is 0 Å². The number of rotatable bonds is 2. The fourth-order valence-corrected chi connectivity index (χ4v) is 0.198. The monoisotopic (exact) mass is 182 g/mol. The lowest BCUT2D eigenvalue weighted by molar-refractivity contribution is -0.0117. The molecule has 0 fully saturated rings. The Morgan fingerprint density at radius 2 is 1.78 bits per heavy atom. The number of alkyl halides is 2. The molecular formula is CHF3O3S2. The quantitative estimate of drug-likeness (QED) is 0.639. The zero-order valence-corrected chi connectivity index (χ0v) is 5.43. The van der Waals surface area contributed by atoms with E-state index < -0.39 is 14.7 Å². The molecule has 56 valence electrons. The second-order valence-electron chi connectivity index (χ2n) is 1.00. The molecule has 0 unspecified atom stereocenters. The van der Waals surface area contributed by atoms with E-state index in [1.165, 1.54) is 0 Å². The zero-order chi connectivity index (χ0) is 7.71. The van der Waals surface area contributed by atoms with Gasteiger partial charge in [-0.15, -0.1) is 0 Å². The first-order valence-corrected chi connectivity index (χ1v) is 3.32. The van der Waals surface area contributed by atoms with Gasteiger partial charge in [0.1, 0.15) is 0 Å². The van der Waals surface area contributed by atoms with Crippen molar-refractivity contribution in [1.29, 1.82) is 0 Å². The SMILES string of the molecule is O=S(=O)(OF)C(F)(F)S. The van der Waals surface area contributed by atoms with Crippen molar-refractivity contribution in [1.82, 2.24) is 0 Å². The molecule has 0 amide bonds. The van der Waals surface area contributed by atoms with E-state index in [1.54, 1.807) is 0 Å². The highest BCUT2D eigenvalue weighted by molar-refractivity contribution is 8.02. The summed E-state index contributed by atoms with van der Waals surface area (Å²) in [7, 11) is -5.47. The van der Waals surface area contributed by atoms with Crippen LogP contribution in [0, 0.1) is 0 Å². The Morgan fingerprint density at radius 1 is 1.44 bits per heavy atom. The first-order chi connectivity index (χ1) is 3.81. The lowest BCUT2D eigenvalue weighted by Gasteiger charge is -2.03. The predicted molar refractivity (Wildman–Crippen MR) is 25.0 cm³/mol. The van der Waals surface area contributed by atoms with Gasteiger partial charge in [0.15, 0.2) is 0 Å². The molecule has 0 aromatic heterocycles. The largest absolute Gasteiger partial charge is 0.417 e. The third kappa shape index (κ3) is 2.03. The molecule has 0 N–H and O–H groups in total. The second kappa shape index (κ2) is 2.35. The summed E-state index contributed by atoms with van der Waals surface area (Å²) in [6.07, 6.45) is 0. The summed E-state index contributed by atoms with van der Waals surface area (Å²) in [6.45, 7) is 0. The second-order valence-corrected chi connectivity index (χ2v) is 3.41. The van der Waals surface area contributed by atoms with Gasteiger partial charge in [0.25, 0.3) is 0 Å². The molecule has 9 heavy (non-hydrogen) atoms. The van der Waals surface area contributed by atoms with Gasteiger partial charge in [0.05, 0.1) is 0 Å². The Labute approximate surface area is 54.2 Å². The fraction of sp³-hybridized carbons (Fsp3) is 1.00. The molecular weight excluding hydrogens is 181 g/mol. The molecule has 8 heteroatoms. The Bertz CT molecular complexity index is 178. The molecule has 0 aromatic carbocycles. The number of halogens is 3. The molecule has 3 nitrogen and oxygen atoms in total. The average Bonchev–Trinajstić information content (AvgIpc) is 1.64. The van der Waals surface area contributed by atoms with Gasteiger partial charge in [-0.25, -0.2) is 0 Å². The number of thiol groups is 1.